The van der Waals surface area contributed by atoms with Crippen LogP contribution in [0.1, 0.15) is 32.1 Å². The summed E-state index contributed by atoms with van der Waals surface area (Å²) in [7, 11) is 0. The summed E-state index contributed by atoms with van der Waals surface area (Å²) >= 11 is 0. The van der Waals surface area contributed by atoms with Crippen molar-refractivity contribution >= 4 is 5.91 Å². The minimum absolute atomic E-state index is 0.108. The zero-order valence-corrected chi connectivity index (χ0v) is 10.7. The van der Waals surface area contributed by atoms with E-state index in [0.29, 0.717) is 0 Å². The highest BCUT2D eigenvalue weighted by atomic mass is 16.1. The van der Waals surface area contributed by atoms with Crippen LogP contribution in [0.5, 0.6) is 0 Å². The molecule has 2 heterocycles. The van der Waals surface area contributed by atoms with Gasteiger partial charge in [0, 0.05) is 5.92 Å². The van der Waals surface area contributed by atoms with E-state index in [-0.39, 0.29) is 11.8 Å². The predicted molar refractivity (Wildman–Crippen MR) is 68.6 cm³/mol. The van der Waals surface area contributed by atoms with Gasteiger partial charge in [0.05, 0.1) is 0 Å². The Hall–Kier alpha value is -0.610. The maximum absolute atomic E-state index is 11.1. The highest BCUT2D eigenvalue weighted by Gasteiger charge is 2.23. The van der Waals surface area contributed by atoms with Gasteiger partial charge in [-0.1, -0.05) is 0 Å². The van der Waals surface area contributed by atoms with Crippen molar-refractivity contribution in [1.29, 1.82) is 0 Å². The summed E-state index contributed by atoms with van der Waals surface area (Å²) in [5.41, 5.74) is 5.34. The summed E-state index contributed by atoms with van der Waals surface area (Å²) in [6.45, 7) is 5.69. The first-order valence-corrected chi connectivity index (χ1v) is 6.98. The number of amides is 1. The predicted octanol–water partition coefficient (Wildman–Crippen LogP) is 0.573. The highest BCUT2D eigenvalue weighted by molar-refractivity contribution is 5.76. The third kappa shape index (κ3) is 3.96. The van der Waals surface area contributed by atoms with Crippen molar-refractivity contribution in [3.8, 4) is 0 Å². The lowest BCUT2D eigenvalue weighted by molar-refractivity contribution is -0.123. The molecule has 98 valence electrons. The van der Waals surface area contributed by atoms with Gasteiger partial charge in [0.25, 0.3) is 0 Å². The maximum atomic E-state index is 11.1. The lowest BCUT2D eigenvalue weighted by Crippen LogP contribution is -2.39. The molecule has 0 spiro atoms. The molecule has 2 rings (SSSR count). The number of nitrogens with two attached hydrogens (primary N) is 1. The molecule has 2 saturated heterocycles. The maximum Gasteiger partial charge on any atom is 0.220 e. The van der Waals surface area contributed by atoms with E-state index in [1.54, 1.807) is 0 Å². The molecule has 2 fully saturated rings. The zero-order chi connectivity index (χ0) is 12.1. The highest BCUT2D eigenvalue weighted by Crippen LogP contribution is 2.20. The Labute approximate surface area is 104 Å². The molecule has 0 atom stereocenters. The quantitative estimate of drug-likeness (QED) is 0.754. The molecule has 2 aliphatic rings. The van der Waals surface area contributed by atoms with Crippen LogP contribution in [0.4, 0.5) is 0 Å². The molecule has 4 nitrogen and oxygen atoms in total. The fourth-order valence-corrected chi connectivity index (χ4v) is 2.98. The van der Waals surface area contributed by atoms with Gasteiger partial charge in [0.1, 0.15) is 0 Å². The van der Waals surface area contributed by atoms with Gasteiger partial charge < -0.3 is 16.0 Å². The van der Waals surface area contributed by atoms with Crippen molar-refractivity contribution in [2.75, 3.05) is 32.7 Å². The molecule has 2 aliphatic heterocycles. The van der Waals surface area contributed by atoms with Gasteiger partial charge in [0.15, 0.2) is 0 Å². The van der Waals surface area contributed by atoms with Crippen LogP contribution in [-0.2, 0) is 4.79 Å². The Balaban J connectivity index is 1.62. The molecule has 0 bridgehead atoms. The molecular weight excluding hydrogens is 214 g/mol. The molecule has 3 N–H and O–H groups in total. The fourth-order valence-electron chi connectivity index (χ4n) is 2.98. The number of hydrogen-bond acceptors (Lipinski definition) is 3. The summed E-state index contributed by atoms with van der Waals surface area (Å²) in [4.78, 5) is 13.6. The second-order valence-corrected chi connectivity index (χ2v) is 5.50. The van der Waals surface area contributed by atoms with E-state index in [1.807, 2.05) is 0 Å². The second-order valence-electron chi connectivity index (χ2n) is 5.50. The number of nitrogens with one attached hydrogen (secondary N) is 1. The standard InChI is InChI=1S/C13H25N3O/c14-13(17)12-4-9-16(10-5-12)8-3-11-1-6-15-7-2-11/h11-12,15H,1-10H2,(H2,14,17). The fraction of sp³-hybridized carbons (Fsp3) is 0.923. The Bertz CT molecular complexity index is 243. The SMILES string of the molecule is NC(=O)C1CCN(CCC2CCNCC2)CC1. The second kappa shape index (κ2) is 6.36. The monoisotopic (exact) mass is 239 g/mol. The largest absolute Gasteiger partial charge is 0.369 e. The van der Waals surface area contributed by atoms with Gasteiger partial charge in [-0.05, 0) is 70.7 Å². The van der Waals surface area contributed by atoms with Crippen LogP contribution >= 0.6 is 0 Å². The molecule has 0 unspecified atom stereocenters. The van der Waals surface area contributed by atoms with Crippen LogP contribution in [0, 0.1) is 11.8 Å². The van der Waals surface area contributed by atoms with Crippen LogP contribution in [0.25, 0.3) is 0 Å². The van der Waals surface area contributed by atoms with Crippen molar-refractivity contribution in [3.63, 3.8) is 0 Å². The van der Waals surface area contributed by atoms with E-state index in [1.165, 1.54) is 38.9 Å². The van der Waals surface area contributed by atoms with Crippen molar-refractivity contribution in [2.45, 2.75) is 32.1 Å². The van der Waals surface area contributed by atoms with Gasteiger partial charge in [-0.25, -0.2) is 0 Å². The molecular formula is C13H25N3O. The molecule has 0 aliphatic carbocycles. The van der Waals surface area contributed by atoms with Gasteiger partial charge >= 0.3 is 0 Å². The molecule has 17 heavy (non-hydrogen) atoms. The van der Waals surface area contributed by atoms with E-state index in [0.717, 1.165) is 31.8 Å². The zero-order valence-electron chi connectivity index (χ0n) is 10.7. The van der Waals surface area contributed by atoms with E-state index >= 15 is 0 Å². The lowest BCUT2D eigenvalue weighted by Gasteiger charge is -2.32. The number of likely N-dealkylation sites (tertiary alicyclic amines) is 1. The number of primary amides is 1. The molecule has 0 aromatic carbocycles. The van der Waals surface area contributed by atoms with Crippen molar-refractivity contribution in [2.24, 2.45) is 17.6 Å². The normalized spacial score (nSPS) is 24.9. The lowest BCUT2D eigenvalue weighted by atomic mass is 9.93. The van der Waals surface area contributed by atoms with Crippen molar-refractivity contribution < 1.29 is 4.79 Å². The summed E-state index contributed by atoms with van der Waals surface area (Å²) in [5.74, 6) is 0.929. The van der Waals surface area contributed by atoms with Crippen molar-refractivity contribution in [3.05, 3.63) is 0 Å². The Kier molecular flexibility index (Phi) is 4.80. The Morgan fingerprint density at radius 1 is 1.18 bits per heavy atom. The number of carbonyl (C=O) groups excluding carboxylic acids is 1. The summed E-state index contributed by atoms with van der Waals surface area (Å²) < 4.78 is 0. The van der Waals surface area contributed by atoms with Crippen LogP contribution in [-0.4, -0.2) is 43.5 Å². The average Bonchev–Trinajstić information content (AvgIpc) is 2.38. The number of carbonyl (C=O) groups is 1. The van der Waals surface area contributed by atoms with Crippen LogP contribution in [0.2, 0.25) is 0 Å². The summed E-state index contributed by atoms with van der Waals surface area (Å²) in [5, 5.41) is 3.41. The molecule has 0 aromatic rings. The van der Waals surface area contributed by atoms with E-state index in [2.05, 4.69) is 10.2 Å². The Morgan fingerprint density at radius 2 is 1.82 bits per heavy atom. The van der Waals surface area contributed by atoms with Gasteiger partial charge in [-0.15, -0.1) is 0 Å². The number of rotatable bonds is 4. The number of hydrogen-bond donors (Lipinski definition) is 2. The van der Waals surface area contributed by atoms with Gasteiger partial charge in [0.2, 0.25) is 5.91 Å². The number of nitrogens with zero attached hydrogens (tertiary/aromatic N) is 1. The first kappa shape index (κ1) is 12.8. The topological polar surface area (TPSA) is 58.4 Å². The van der Waals surface area contributed by atoms with E-state index in [4.69, 9.17) is 5.73 Å². The van der Waals surface area contributed by atoms with E-state index in [9.17, 15) is 4.79 Å². The molecule has 4 heteroatoms. The molecule has 0 radical (unpaired) electrons. The smallest absolute Gasteiger partial charge is 0.220 e. The number of piperidine rings is 2. The van der Waals surface area contributed by atoms with Crippen molar-refractivity contribution in [1.82, 2.24) is 10.2 Å². The Morgan fingerprint density at radius 3 is 2.41 bits per heavy atom. The minimum Gasteiger partial charge on any atom is -0.369 e. The molecule has 0 aromatic heterocycles. The third-order valence-electron chi connectivity index (χ3n) is 4.30. The van der Waals surface area contributed by atoms with Crippen LogP contribution in [0.15, 0.2) is 0 Å². The van der Waals surface area contributed by atoms with Gasteiger partial charge in [-0.3, -0.25) is 4.79 Å². The summed E-state index contributed by atoms with van der Waals surface area (Å²) in [6, 6.07) is 0. The third-order valence-corrected chi connectivity index (χ3v) is 4.30. The first-order valence-electron chi connectivity index (χ1n) is 6.98. The van der Waals surface area contributed by atoms with E-state index < -0.39 is 0 Å². The van der Waals surface area contributed by atoms with Crippen LogP contribution < -0.4 is 11.1 Å². The van der Waals surface area contributed by atoms with Crippen LogP contribution in [0.3, 0.4) is 0 Å². The minimum atomic E-state index is -0.108. The average molecular weight is 239 g/mol. The first-order chi connectivity index (χ1) is 8.25. The summed E-state index contributed by atoms with van der Waals surface area (Å²) in [6.07, 6.45) is 5.90. The van der Waals surface area contributed by atoms with Gasteiger partial charge in [-0.2, -0.15) is 0 Å². The molecule has 1 amide bonds. The molecule has 0 saturated carbocycles.